The lowest BCUT2D eigenvalue weighted by molar-refractivity contribution is 0.149. The topological polar surface area (TPSA) is 71.2 Å². The standard InChI is InChI=1S/C14H23N3O/c1-10-4-3-5-14(7-10,9-18)17-13-11(2)6-12(15)8-16-13/h6,8,10,18H,3-5,7,9,15H2,1-2H3,(H,16,17). The molecule has 4 nitrogen and oxygen atoms in total. The number of nitrogens with two attached hydrogens (primary N) is 1. The molecule has 4 heteroatoms. The lowest BCUT2D eigenvalue weighted by atomic mass is 9.77. The van der Waals surface area contributed by atoms with Crippen LogP contribution in [0.4, 0.5) is 11.5 Å². The normalized spacial score (nSPS) is 28.1. The summed E-state index contributed by atoms with van der Waals surface area (Å²) in [6.07, 6.45) is 6.06. The first kappa shape index (κ1) is 13.1. The first-order valence-corrected chi connectivity index (χ1v) is 6.66. The number of nitrogens with one attached hydrogen (secondary N) is 1. The van der Waals surface area contributed by atoms with Crippen molar-refractivity contribution in [1.82, 2.24) is 4.98 Å². The van der Waals surface area contributed by atoms with E-state index >= 15 is 0 Å². The average molecular weight is 249 g/mol. The van der Waals surface area contributed by atoms with E-state index in [2.05, 4.69) is 17.2 Å². The highest BCUT2D eigenvalue weighted by Gasteiger charge is 2.34. The zero-order valence-corrected chi connectivity index (χ0v) is 11.2. The highest BCUT2D eigenvalue weighted by atomic mass is 16.3. The molecule has 1 fully saturated rings. The molecule has 0 saturated heterocycles. The molecular weight excluding hydrogens is 226 g/mol. The van der Waals surface area contributed by atoms with Crippen molar-refractivity contribution >= 4 is 11.5 Å². The van der Waals surface area contributed by atoms with Gasteiger partial charge < -0.3 is 16.2 Å². The summed E-state index contributed by atoms with van der Waals surface area (Å²) in [5.41, 5.74) is 7.19. The molecule has 2 rings (SSSR count). The van der Waals surface area contributed by atoms with Crippen LogP contribution in [-0.2, 0) is 0 Å². The summed E-state index contributed by atoms with van der Waals surface area (Å²) in [5.74, 6) is 1.49. The highest BCUT2D eigenvalue weighted by Crippen LogP contribution is 2.35. The summed E-state index contributed by atoms with van der Waals surface area (Å²) in [6, 6.07) is 1.91. The number of aromatic nitrogens is 1. The summed E-state index contributed by atoms with van der Waals surface area (Å²) >= 11 is 0. The molecule has 2 unspecified atom stereocenters. The van der Waals surface area contributed by atoms with Crippen LogP contribution >= 0.6 is 0 Å². The van der Waals surface area contributed by atoms with Gasteiger partial charge in [-0.15, -0.1) is 0 Å². The fraction of sp³-hybridized carbons (Fsp3) is 0.643. The number of anilines is 2. The molecule has 100 valence electrons. The van der Waals surface area contributed by atoms with Gasteiger partial charge in [-0.2, -0.15) is 0 Å². The second-order valence-electron chi connectivity index (χ2n) is 5.70. The molecule has 1 aromatic rings. The summed E-state index contributed by atoms with van der Waals surface area (Å²) < 4.78 is 0. The van der Waals surface area contributed by atoms with Crippen LogP contribution in [-0.4, -0.2) is 22.2 Å². The van der Waals surface area contributed by atoms with Crippen molar-refractivity contribution in [2.45, 2.75) is 45.1 Å². The number of hydrogen-bond acceptors (Lipinski definition) is 4. The maximum Gasteiger partial charge on any atom is 0.129 e. The van der Waals surface area contributed by atoms with Crippen molar-refractivity contribution in [1.29, 1.82) is 0 Å². The lowest BCUT2D eigenvalue weighted by Crippen LogP contribution is -2.46. The van der Waals surface area contributed by atoms with Crippen molar-refractivity contribution in [2.24, 2.45) is 5.92 Å². The molecule has 0 bridgehead atoms. The van der Waals surface area contributed by atoms with Crippen LogP contribution in [0, 0.1) is 12.8 Å². The second-order valence-corrected chi connectivity index (χ2v) is 5.70. The molecule has 2 atom stereocenters. The third kappa shape index (κ3) is 2.75. The summed E-state index contributed by atoms with van der Waals surface area (Å²) in [4.78, 5) is 4.34. The zero-order valence-electron chi connectivity index (χ0n) is 11.2. The van der Waals surface area contributed by atoms with Gasteiger partial charge in [-0.1, -0.05) is 19.8 Å². The second kappa shape index (κ2) is 5.14. The highest BCUT2D eigenvalue weighted by molar-refractivity contribution is 5.52. The van der Waals surface area contributed by atoms with Crippen molar-refractivity contribution < 1.29 is 5.11 Å². The molecule has 4 N–H and O–H groups in total. The Bertz CT molecular complexity index is 422. The van der Waals surface area contributed by atoms with Crippen LogP contribution in [0.2, 0.25) is 0 Å². The largest absolute Gasteiger partial charge is 0.397 e. The Balaban J connectivity index is 2.19. The molecule has 1 aromatic heterocycles. The van der Waals surface area contributed by atoms with Crippen molar-refractivity contribution in [3.8, 4) is 0 Å². The van der Waals surface area contributed by atoms with E-state index in [4.69, 9.17) is 5.73 Å². The van der Waals surface area contributed by atoms with Crippen LogP contribution < -0.4 is 11.1 Å². The van der Waals surface area contributed by atoms with Crippen molar-refractivity contribution in [2.75, 3.05) is 17.7 Å². The Labute approximate surface area is 109 Å². The molecule has 1 aliphatic carbocycles. The van der Waals surface area contributed by atoms with Crippen LogP contribution in [0.3, 0.4) is 0 Å². The summed E-state index contributed by atoms with van der Waals surface area (Å²) in [5, 5.41) is 13.2. The third-order valence-electron chi connectivity index (χ3n) is 3.88. The molecule has 0 amide bonds. The van der Waals surface area contributed by atoms with Gasteiger partial charge in [-0.25, -0.2) is 4.98 Å². The number of aryl methyl sites for hydroxylation is 1. The maximum absolute atomic E-state index is 9.75. The van der Waals surface area contributed by atoms with E-state index in [0.717, 1.165) is 30.6 Å². The number of nitrogen functional groups attached to an aromatic ring is 1. The molecular formula is C14H23N3O. The third-order valence-corrected chi connectivity index (χ3v) is 3.88. The molecule has 1 saturated carbocycles. The van der Waals surface area contributed by atoms with Gasteiger partial charge in [0, 0.05) is 0 Å². The number of nitrogens with zero attached hydrogens (tertiary/aromatic N) is 1. The smallest absolute Gasteiger partial charge is 0.129 e. The monoisotopic (exact) mass is 249 g/mol. The first-order chi connectivity index (χ1) is 8.54. The molecule has 1 heterocycles. The number of rotatable bonds is 3. The van der Waals surface area contributed by atoms with E-state index in [0.29, 0.717) is 11.6 Å². The van der Waals surface area contributed by atoms with Gasteiger partial charge >= 0.3 is 0 Å². The van der Waals surface area contributed by atoms with Crippen molar-refractivity contribution in [3.63, 3.8) is 0 Å². The van der Waals surface area contributed by atoms with Gasteiger partial charge in [0.2, 0.25) is 0 Å². The summed E-state index contributed by atoms with van der Waals surface area (Å²) in [7, 11) is 0. The minimum Gasteiger partial charge on any atom is -0.397 e. The van der Waals surface area contributed by atoms with Gasteiger partial charge in [0.25, 0.3) is 0 Å². The predicted molar refractivity (Wildman–Crippen MR) is 74.5 cm³/mol. The Kier molecular flexibility index (Phi) is 3.76. The molecule has 18 heavy (non-hydrogen) atoms. The van der Waals surface area contributed by atoms with Gasteiger partial charge in [-0.3, -0.25) is 0 Å². The quantitative estimate of drug-likeness (QED) is 0.769. The van der Waals surface area contributed by atoms with Crippen LogP contribution in [0.25, 0.3) is 0 Å². The van der Waals surface area contributed by atoms with Gasteiger partial charge in [0.05, 0.1) is 24.0 Å². The zero-order chi connectivity index (χ0) is 13.2. The Morgan fingerprint density at radius 2 is 2.39 bits per heavy atom. The van der Waals surface area contributed by atoms with Gasteiger partial charge in [0.15, 0.2) is 0 Å². The molecule has 0 aromatic carbocycles. The predicted octanol–water partition coefficient (Wildman–Crippen LogP) is 2.33. The van der Waals surface area contributed by atoms with Crippen LogP contribution in [0.5, 0.6) is 0 Å². The fourth-order valence-electron chi connectivity index (χ4n) is 2.94. The lowest BCUT2D eigenvalue weighted by Gasteiger charge is -2.40. The molecule has 0 aliphatic heterocycles. The molecule has 0 spiro atoms. The number of pyridine rings is 1. The number of hydrogen-bond donors (Lipinski definition) is 3. The van der Waals surface area contributed by atoms with Gasteiger partial charge in [-0.05, 0) is 37.3 Å². The van der Waals surface area contributed by atoms with E-state index in [9.17, 15) is 5.11 Å². The van der Waals surface area contributed by atoms with Crippen molar-refractivity contribution in [3.05, 3.63) is 17.8 Å². The maximum atomic E-state index is 9.75. The van der Waals surface area contributed by atoms with E-state index < -0.39 is 0 Å². The molecule has 0 radical (unpaired) electrons. The van der Waals surface area contributed by atoms with Crippen LogP contribution in [0.1, 0.15) is 38.2 Å². The van der Waals surface area contributed by atoms with E-state index in [1.165, 1.54) is 6.42 Å². The Morgan fingerprint density at radius 3 is 3.00 bits per heavy atom. The SMILES string of the molecule is Cc1cc(N)cnc1NC1(CO)CCCC(C)C1. The summed E-state index contributed by atoms with van der Waals surface area (Å²) in [6.45, 7) is 4.39. The Hall–Kier alpha value is -1.29. The number of aliphatic hydroxyl groups is 1. The van der Waals surface area contributed by atoms with E-state index in [-0.39, 0.29) is 12.1 Å². The molecule has 1 aliphatic rings. The van der Waals surface area contributed by atoms with Gasteiger partial charge in [0.1, 0.15) is 5.82 Å². The number of aliphatic hydroxyl groups excluding tert-OH is 1. The minimum atomic E-state index is -0.217. The fourth-order valence-corrected chi connectivity index (χ4v) is 2.94. The van der Waals surface area contributed by atoms with E-state index in [1.54, 1.807) is 6.20 Å². The van der Waals surface area contributed by atoms with Crippen LogP contribution in [0.15, 0.2) is 12.3 Å². The minimum absolute atomic E-state index is 0.156. The first-order valence-electron chi connectivity index (χ1n) is 6.66. The van der Waals surface area contributed by atoms with E-state index in [1.807, 2.05) is 13.0 Å². The average Bonchev–Trinajstić information content (AvgIpc) is 2.33. The Morgan fingerprint density at radius 1 is 1.61 bits per heavy atom.